The van der Waals surface area contributed by atoms with Gasteiger partial charge in [-0.25, -0.2) is 0 Å². The number of hydrogen-bond acceptors (Lipinski definition) is 2. The molecule has 0 saturated heterocycles. The molecule has 2 nitrogen and oxygen atoms in total. The van der Waals surface area contributed by atoms with E-state index in [0.717, 1.165) is 36.4 Å². The molecule has 434 valence electrons. The lowest BCUT2D eigenvalue weighted by molar-refractivity contribution is -0.144. The van der Waals surface area contributed by atoms with Crippen LogP contribution in [0.5, 0.6) is 0 Å². The van der Waals surface area contributed by atoms with Crippen molar-refractivity contribution in [3.05, 3.63) is 237 Å². The quantitative estimate of drug-likeness (QED) is 0.140. The zero-order valence-electron chi connectivity index (χ0n) is 40.6. The molecule has 0 heterocycles. The Morgan fingerprint density at radius 1 is 0.217 bits per heavy atom. The van der Waals surface area contributed by atoms with E-state index in [1.807, 2.05) is 0 Å². The Morgan fingerprint density at radius 2 is 0.422 bits per heavy atom. The van der Waals surface area contributed by atoms with Crippen molar-refractivity contribution in [2.45, 2.75) is 54.8 Å². The third-order valence-electron chi connectivity index (χ3n) is 13.4. The van der Waals surface area contributed by atoms with Crippen LogP contribution in [0.25, 0.3) is 11.1 Å². The van der Waals surface area contributed by atoms with Crippen LogP contribution >= 0.6 is 0 Å². The molecule has 1 aliphatic rings. The highest BCUT2D eigenvalue weighted by Gasteiger charge is 2.49. The molecule has 1 aliphatic carbocycles. The molecular weight excluding hydrogens is 1170 g/mol. The van der Waals surface area contributed by atoms with Crippen LogP contribution in [0, 0.1) is 0 Å². The standard InChI is InChI=1S/C57H28F24N2/c58-50(59,60)31-15-32(51(61,62)63)20-41(19-31)82(42-21-33(52(64,65)66)16-34(22-42)53(67,68)69)39-11-13-45-46-14-12-40(28-48(46)49(47(45)27-39,29-7-3-1-4-8-29)30-9-5-2-6-10-30)83(43-23-35(54(70,71)72)17-36(24-43)55(73,74)75)44-25-37(56(76,77)78)18-38(26-44)57(79,80)81/h1-28H. The Labute approximate surface area is 451 Å². The summed E-state index contributed by atoms with van der Waals surface area (Å²) in [5, 5.41) is 0. The molecule has 0 aliphatic heterocycles. The number of anilines is 6. The average Bonchev–Trinajstić information content (AvgIpc) is 1.63. The second-order valence-electron chi connectivity index (χ2n) is 18.7. The van der Waals surface area contributed by atoms with Gasteiger partial charge in [-0.15, -0.1) is 0 Å². The first-order valence-corrected chi connectivity index (χ1v) is 23.4. The third kappa shape index (κ3) is 11.5. The van der Waals surface area contributed by atoms with Crippen molar-refractivity contribution in [2.75, 3.05) is 9.80 Å². The summed E-state index contributed by atoms with van der Waals surface area (Å²) in [7, 11) is 0. The second-order valence-corrected chi connectivity index (χ2v) is 18.7. The SMILES string of the molecule is FC(F)(F)c1cc(N(c2cc(C(F)(F)F)cc(C(F)(F)F)c2)c2ccc3c(c2)C(c2ccccc2)(c2ccccc2)c2cc(N(c4cc(C(F)(F)F)cc(C(F)(F)F)c4)c4cc(C(F)(F)F)cc(C(F)(F)F)c4)ccc2-3)cc(C(F)(F)F)c1. The maximum atomic E-state index is 14.6. The Morgan fingerprint density at radius 3 is 0.614 bits per heavy atom. The molecular formula is C57H28F24N2. The van der Waals surface area contributed by atoms with E-state index in [9.17, 15) is 105 Å². The van der Waals surface area contributed by atoms with Gasteiger partial charge in [0.1, 0.15) is 0 Å². The summed E-state index contributed by atoms with van der Waals surface area (Å²) in [6.45, 7) is 0. The molecule has 0 amide bonds. The molecule has 9 rings (SSSR count). The molecule has 0 bridgehead atoms. The van der Waals surface area contributed by atoms with Crippen molar-refractivity contribution in [2.24, 2.45) is 0 Å². The molecule has 0 N–H and O–H groups in total. The molecule has 83 heavy (non-hydrogen) atoms. The number of halogens is 24. The molecule has 0 aromatic heterocycles. The number of benzene rings is 8. The van der Waals surface area contributed by atoms with Gasteiger partial charge in [0.15, 0.2) is 0 Å². The predicted octanol–water partition coefficient (Wildman–Crippen LogP) is 21.1. The first-order chi connectivity index (χ1) is 38.2. The van der Waals surface area contributed by atoms with E-state index in [1.54, 1.807) is 0 Å². The Bertz CT molecular complexity index is 3220. The maximum Gasteiger partial charge on any atom is 0.416 e. The monoisotopic (exact) mass is 1200 g/mol. The summed E-state index contributed by atoms with van der Waals surface area (Å²) in [6.07, 6.45) is -45.3. The summed E-state index contributed by atoms with van der Waals surface area (Å²) >= 11 is 0. The van der Waals surface area contributed by atoms with Gasteiger partial charge in [0.2, 0.25) is 0 Å². The number of rotatable bonds is 8. The highest BCUT2D eigenvalue weighted by atomic mass is 19.4. The van der Waals surface area contributed by atoms with Gasteiger partial charge in [-0.05, 0) is 130 Å². The number of alkyl halides is 24. The van der Waals surface area contributed by atoms with Crippen LogP contribution in [-0.4, -0.2) is 0 Å². The summed E-state index contributed by atoms with van der Waals surface area (Å²) < 4.78 is 349. The lowest BCUT2D eigenvalue weighted by atomic mass is 9.67. The van der Waals surface area contributed by atoms with Gasteiger partial charge in [-0.2, -0.15) is 105 Å². The number of hydrogen-bond donors (Lipinski definition) is 0. The van der Waals surface area contributed by atoms with E-state index in [2.05, 4.69) is 0 Å². The van der Waals surface area contributed by atoms with Crippen LogP contribution in [0.4, 0.5) is 139 Å². The van der Waals surface area contributed by atoms with E-state index in [4.69, 9.17) is 0 Å². The maximum absolute atomic E-state index is 14.6. The van der Waals surface area contributed by atoms with Gasteiger partial charge < -0.3 is 9.80 Å². The Hall–Kier alpha value is -8.32. The fraction of sp³-hybridized carbons (Fsp3) is 0.158. The summed E-state index contributed by atoms with van der Waals surface area (Å²) in [4.78, 5) is 0.452. The number of fused-ring (bicyclic) bond motifs is 3. The summed E-state index contributed by atoms with van der Waals surface area (Å²) in [6, 6.07) is 18.1. The molecule has 0 saturated carbocycles. The fourth-order valence-electron chi connectivity index (χ4n) is 9.91. The third-order valence-corrected chi connectivity index (χ3v) is 13.4. The molecule has 8 aromatic carbocycles. The molecule has 8 aromatic rings. The van der Waals surface area contributed by atoms with Gasteiger partial charge in [0.25, 0.3) is 0 Å². The zero-order chi connectivity index (χ0) is 61.0. The lowest BCUT2D eigenvalue weighted by Crippen LogP contribution is -2.29. The topological polar surface area (TPSA) is 6.48 Å². The highest BCUT2D eigenvalue weighted by Crippen LogP contribution is 2.59. The summed E-state index contributed by atoms with van der Waals surface area (Å²) in [5.41, 5.74) is -26.1. The van der Waals surface area contributed by atoms with Crippen molar-refractivity contribution in [1.82, 2.24) is 0 Å². The number of nitrogens with zero attached hydrogens (tertiary/aromatic N) is 2. The van der Waals surface area contributed by atoms with Crippen molar-refractivity contribution in [1.29, 1.82) is 0 Å². The highest BCUT2D eigenvalue weighted by molar-refractivity contribution is 5.92. The van der Waals surface area contributed by atoms with Gasteiger partial charge in [0.05, 0.1) is 49.9 Å². The van der Waals surface area contributed by atoms with Crippen molar-refractivity contribution in [3.63, 3.8) is 0 Å². The van der Waals surface area contributed by atoms with E-state index in [1.165, 1.54) is 60.7 Å². The Kier molecular flexibility index (Phi) is 14.3. The van der Waals surface area contributed by atoms with Crippen molar-refractivity contribution in [3.8, 4) is 11.1 Å². The van der Waals surface area contributed by atoms with Crippen LogP contribution < -0.4 is 9.80 Å². The minimum Gasteiger partial charge on any atom is -0.310 e. The normalized spacial score (nSPS) is 14.1. The van der Waals surface area contributed by atoms with Crippen LogP contribution in [0.1, 0.15) is 66.8 Å². The predicted molar refractivity (Wildman–Crippen MR) is 253 cm³/mol. The molecule has 0 atom stereocenters. The van der Waals surface area contributed by atoms with E-state index in [0.29, 0.717) is 0 Å². The molecule has 0 spiro atoms. The largest absolute Gasteiger partial charge is 0.416 e. The van der Waals surface area contributed by atoms with Crippen LogP contribution in [0.3, 0.4) is 0 Å². The van der Waals surface area contributed by atoms with E-state index >= 15 is 0 Å². The smallest absolute Gasteiger partial charge is 0.310 e. The summed E-state index contributed by atoms with van der Waals surface area (Å²) in [5.74, 6) is 0. The van der Waals surface area contributed by atoms with Gasteiger partial charge in [0, 0.05) is 34.1 Å². The van der Waals surface area contributed by atoms with Gasteiger partial charge in [-0.1, -0.05) is 72.8 Å². The molecule has 0 unspecified atom stereocenters. The van der Waals surface area contributed by atoms with Crippen LogP contribution in [0.2, 0.25) is 0 Å². The van der Waals surface area contributed by atoms with Crippen molar-refractivity contribution >= 4 is 34.1 Å². The van der Waals surface area contributed by atoms with Crippen LogP contribution in [0.15, 0.2) is 170 Å². The van der Waals surface area contributed by atoms with E-state index < -0.39 is 133 Å². The molecule has 0 fully saturated rings. The molecule has 26 heteroatoms. The van der Waals surface area contributed by atoms with E-state index in [-0.39, 0.29) is 116 Å². The van der Waals surface area contributed by atoms with Crippen LogP contribution in [-0.2, 0) is 54.8 Å². The first-order valence-electron chi connectivity index (χ1n) is 23.4. The fourth-order valence-corrected chi connectivity index (χ4v) is 9.91. The Balaban J connectivity index is 1.42. The molecule has 0 radical (unpaired) electrons. The minimum atomic E-state index is -5.67. The van der Waals surface area contributed by atoms with Gasteiger partial charge >= 0.3 is 49.4 Å². The zero-order valence-corrected chi connectivity index (χ0v) is 40.6. The second kappa shape index (κ2) is 19.9. The van der Waals surface area contributed by atoms with Crippen molar-refractivity contribution < 1.29 is 105 Å². The minimum absolute atomic E-state index is 0.00318. The lowest BCUT2D eigenvalue weighted by Gasteiger charge is -2.36. The first kappa shape index (κ1) is 59.3. The average molecular weight is 1200 g/mol. The van der Waals surface area contributed by atoms with Gasteiger partial charge in [-0.3, -0.25) is 0 Å².